The molecule has 1 amide bonds. The molecule has 6 nitrogen and oxygen atoms in total. The zero-order valence-electron chi connectivity index (χ0n) is 13.6. The van der Waals surface area contributed by atoms with Crippen LogP contribution in [0.1, 0.15) is 25.5 Å². The van der Waals surface area contributed by atoms with Crippen LogP contribution >= 0.6 is 0 Å². The van der Waals surface area contributed by atoms with E-state index in [-0.39, 0.29) is 11.9 Å². The molecule has 2 aliphatic rings. The van der Waals surface area contributed by atoms with Crippen molar-refractivity contribution in [2.24, 2.45) is 11.8 Å². The summed E-state index contributed by atoms with van der Waals surface area (Å²) in [6.45, 7) is 4.38. The van der Waals surface area contributed by atoms with Crippen molar-refractivity contribution < 1.29 is 24.2 Å². The van der Waals surface area contributed by atoms with Gasteiger partial charge in [0.25, 0.3) is 0 Å². The monoisotopic (exact) mass is 331 g/mol. The number of aliphatic carboxylic acids is 1. The van der Waals surface area contributed by atoms with Crippen molar-refractivity contribution in [1.29, 1.82) is 0 Å². The molecule has 3 rings (SSSR count). The van der Waals surface area contributed by atoms with Crippen molar-refractivity contribution in [1.82, 2.24) is 5.32 Å². The largest absolute Gasteiger partial charge is 0.494 e. The molecule has 1 aromatic carbocycles. The summed E-state index contributed by atoms with van der Waals surface area (Å²) in [7, 11) is 0. The van der Waals surface area contributed by atoms with E-state index in [0.29, 0.717) is 6.61 Å². The molecule has 0 radical (unpaired) electrons. The molecule has 2 bridgehead atoms. The van der Waals surface area contributed by atoms with Crippen molar-refractivity contribution in [3.05, 3.63) is 42.0 Å². The first-order chi connectivity index (χ1) is 11.5. The SMILES string of the molecule is CCOc1ccc([C@H](C)NC(=O)[C@@H]2[C@@H](C(=O)O)[C@H]3C=C[C@H]2O3)cc1. The second-order valence-corrected chi connectivity index (χ2v) is 6.07. The minimum Gasteiger partial charge on any atom is -0.494 e. The third kappa shape index (κ3) is 3.01. The van der Waals surface area contributed by atoms with Crippen LogP contribution in [-0.2, 0) is 14.3 Å². The highest BCUT2D eigenvalue weighted by atomic mass is 16.5. The second kappa shape index (κ2) is 6.65. The minimum absolute atomic E-state index is 0.231. The van der Waals surface area contributed by atoms with E-state index >= 15 is 0 Å². The Bertz CT molecular complexity index is 654. The molecular weight excluding hydrogens is 310 g/mol. The summed E-state index contributed by atoms with van der Waals surface area (Å²) in [5.41, 5.74) is 0.929. The topological polar surface area (TPSA) is 84.9 Å². The number of amides is 1. The van der Waals surface area contributed by atoms with Crippen LogP contribution in [0.25, 0.3) is 0 Å². The zero-order chi connectivity index (χ0) is 17.3. The molecule has 0 spiro atoms. The maximum absolute atomic E-state index is 12.6. The molecule has 0 unspecified atom stereocenters. The number of benzene rings is 1. The molecule has 1 aromatic rings. The molecule has 0 aliphatic carbocycles. The van der Waals surface area contributed by atoms with Gasteiger partial charge in [0.2, 0.25) is 5.91 Å². The molecule has 2 heterocycles. The number of carbonyl (C=O) groups excluding carboxylic acids is 1. The fourth-order valence-corrected chi connectivity index (χ4v) is 3.33. The van der Waals surface area contributed by atoms with Crippen molar-refractivity contribution in [3.8, 4) is 5.75 Å². The average Bonchev–Trinajstić information content (AvgIpc) is 3.16. The standard InChI is InChI=1S/C18H21NO5/c1-3-23-12-6-4-11(5-7-12)10(2)19-17(20)15-13-8-9-14(24-13)16(15)18(21)22/h4-10,13-16H,3H2,1-2H3,(H,19,20)(H,21,22)/t10-,13+,14+,15-,16-/m0/s1. The van der Waals surface area contributed by atoms with E-state index in [1.165, 1.54) is 0 Å². The van der Waals surface area contributed by atoms with Crippen LogP contribution < -0.4 is 10.1 Å². The van der Waals surface area contributed by atoms with Gasteiger partial charge in [-0.1, -0.05) is 24.3 Å². The van der Waals surface area contributed by atoms with Gasteiger partial charge in [0.1, 0.15) is 11.7 Å². The first-order valence-corrected chi connectivity index (χ1v) is 8.11. The molecule has 1 fully saturated rings. The van der Waals surface area contributed by atoms with Gasteiger partial charge in [0, 0.05) is 0 Å². The van der Waals surface area contributed by atoms with Gasteiger partial charge in [-0.2, -0.15) is 0 Å². The number of nitrogens with one attached hydrogen (secondary N) is 1. The lowest BCUT2D eigenvalue weighted by atomic mass is 9.82. The van der Waals surface area contributed by atoms with Gasteiger partial charge in [-0.15, -0.1) is 0 Å². The fraction of sp³-hybridized carbons (Fsp3) is 0.444. The van der Waals surface area contributed by atoms with E-state index in [2.05, 4.69) is 5.32 Å². The summed E-state index contributed by atoms with van der Waals surface area (Å²) < 4.78 is 10.9. The number of carboxylic acids is 1. The predicted octanol–water partition coefficient (Wildman–Crippen LogP) is 1.92. The Balaban J connectivity index is 1.67. The Morgan fingerprint density at radius 2 is 1.83 bits per heavy atom. The Kier molecular flexibility index (Phi) is 4.57. The Hall–Kier alpha value is -2.34. The molecule has 2 N–H and O–H groups in total. The summed E-state index contributed by atoms with van der Waals surface area (Å²) in [5.74, 6) is -2.03. The number of hydrogen-bond acceptors (Lipinski definition) is 4. The molecule has 6 heteroatoms. The van der Waals surface area contributed by atoms with Crippen molar-refractivity contribution >= 4 is 11.9 Å². The van der Waals surface area contributed by atoms with Crippen LogP contribution in [0.5, 0.6) is 5.75 Å². The Labute approximate surface area is 140 Å². The van der Waals surface area contributed by atoms with Crippen LogP contribution in [0, 0.1) is 11.8 Å². The van der Waals surface area contributed by atoms with Crippen molar-refractivity contribution in [3.63, 3.8) is 0 Å². The van der Waals surface area contributed by atoms with Gasteiger partial charge in [-0.3, -0.25) is 9.59 Å². The van der Waals surface area contributed by atoms with Gasteiger partial charge in [-0.05, 0) is 31.5 Å². The number of hydrogen-bond donors (Lipinski definition) is 2. The smallest absolute Gasteiger partial charge is 0.310 e. The van der Waals surface area contributed by atoms with E-state index < -0.39 is 30.0 Å². The first-order valence-electron chi connectivity index (χ1n) is 8.11. The Morgan fingerprint density at radius 1 is 1.21 bits per heavy atom. The first kappa shape index (κ1) is 16.5. The van der Waals surface area contributed by atoms with Crippen LogP contribution in [0.15, 0.2) is 36.4 Å². The summed E-state index contributed by atoms with van der Waals surface area (Å²) in [4.78, 5) is 24.0. The van der Waals surface area contributed by atoms with Gasteiger partial charge in [0.05, 0.1) is 30.8 Å². The highest BCUT2D eigenvalue weighted by molar-refractivity contribution is 5.87. The summed E-state index contributed by atoms with van der Waals surface area (Å²) in [6, 6.07) is 7.25. The summed E-state index contributed by atoms with van der Waals surface area (Å²) in [6.07, 6.45) is 2.53. The number of carboxylic acid groups (broad SMARTS) is 1. The lowest BCUT2D eigenvalue weighted by Gasteiger charge is -2.23. The second-order valence-electron chi connectivity index (χ2n) is 6.07. The van der Waals surface area contributed by atoms with E-state index in [9.17, 15) is 14.7 Å². The maximum Gasteiger partial charge on any atom is 0.310 e. The molecule has 0 aromatic heterocycles. The highest BCUT2D eigenvalue weighted by Gasteiger charge is 2.53. The van der Waals surface area contributed by atoms with Crippen LogP contribution in [0.4, 0.5) is 0 Å². The summed E-state index contributed by atoms with van der Waals surface area (Å²) >= 11 is 0. The lowest BCUT2D eigenvalue weighted by Crippen LogP contribution is -2.43. The molecule has 5 atom stereocenters. The van der Waals surface area contributed by atoms with E-state index in [1.54, 1.807) is 12.2 Å². The van der Waals surface area contributed by atoms with Gasteiger partial charge in [0.15, 0.2) is 0 Å². The van der Waals surface area contributed by atoms with E-state index in [4.69, 9.17) is 9.47 Å². The molecule has 24 heavy (non-hydrogen) atoms. The van der Waals surface area contributed by atoms with Crippen LogP contribution in [-0.4, -0.2) is 35.8 Å². The molecule has 2 aliphatic heterocycles. The normalized spacial score (nSPS) is 28.6. The van der Waals surface area contributed by atoms with Crippen molar-refractivity contribution in [2.75, 3.05) is 6.61 Å². The van der Waals surface area contributed by atoms with E-state index in [1.807, 2.05) is 38.1 Å². The van der Waals surface area contributed by atoms with Gasteiger partial charge >= 0.3 is 5.97 Å². The van der Waals surface area contributed by atoms with Gasteiger partial charge < -0.3 is 19.9 Å². The van der Waals surface area contributed by atoms with Crippen LogP contribution in [0.2, 0.25) is 0 Å². The van der Waals surface area contributed by atoms with Crippen LogP contribution in [0.3, 0.4) is 0 Å². The molecule has 128 valence electrons. The number of ether oxygens (including phenoxy) is 2. The summed E-state index contributed by atoms with van der Waals surface area (Å²) in [5, 5.41) is 12.3. The van der Waals surface area contributed by atoms with Gasteiger partial charge in [-0.25, -0.2) is 0 Å². The average molecular weight is 331 g/mol. The highest BCUT2D eigenvalue weighted by Crippen LogP contribution is 2.39. The van der Waals surface area contributed by atoms with Crippen molar-refractivity contribution in [2.45, 2.75) is 32.1 Å². The number of carbonyl (C=O) groups is 2. The number of fused-ring (bicyclic) bond motifs is 2. The third-order valence-corrected chi connectivity index (χ3v) is 4.54. The zero-order valence-corrected chi connectivity index (χ0v) is 13.6. The number of rotatable bonds is 6. The molecule has 0 saturated carbocycles. The predicted molar refractivity (Wildman–Crippen MR) is 86.6 cm³/mol. The fourth-order valence-electron chi connectivity index (χ4n) is 3.33. The third-order valence-electron chi connectivity index (χ3n) is 4.54. The quantitative estimate of drug-likeness (QED) is 0.778. The molecular formula is C18H21NO5. The minimum atomic E-state index is -0.999. The van der Waals surface area contributed by atoms with E-state index in [0.717, 1.165) is 11.3 Å². The molecule has 1 saturated heterocycles. The maximum atomic E-state index is 12.6. The lowest BCUT2D eigenvalue weighted by molar-refractivity contribution is -0.146. The Morgan fingerprint density at radius 3 is 2.42 bits per heavy atom.